The molecule has 1 aliphatic rings. The molecule has 0 unspecified atom stereocenters. The van der Waals surface area contributed by atoms with E-state index in [2.05, 4.69) is 18.7 Å². The van der Waals surface area contributed by atoms with E-state index in [0.717, 1.165) is 24.2 Å². The lowest BCUT2D eigenvalue weighted by Gasteiger charge is -2.38. The van der Waals surface area contributed by atoms with Crippen LogP contribution < -0.4 is 5.73 Å². The fraction of sp³-hybridized carbons (Fsp3) is 0.571. The fourth-order valence-corrected chi connectivity index (χ4v) is 2.34. The Hall–Kier alpha value is -0.970. The zero-order valence-electron chi connectivity index (χ0n) is 11.1. The molecule has 2 rings (SSSR count). The third-order valence-corrected chi connectivity index (χ3v) is 3.25. The molecule has 0 aliphatic carbocycles. The first-order valence-corrected chi connectivity index (χ1v) is 6.34. The predicted molar refractivity (Wildman–Crippen MR) is 69.6 cm³/mol. The Morgan fingerprint density at radius 3 is 2.83 bits per heavy atom. The van der Waals surface area contributed by atoms with Crippen molar-refractivity contribution in [1.29, 1.82) is 0 Å². The van der Waals surface area contributed by atoms with Gasteiger partial charge in [0.2, 0.25) is 0 Å². The topological polar surface area (TPSA) is 38.5 Å². The van der Waals surface area contributed by atoms with Gasteiger partial charge in [-0.05, 0) is 25.5 Å². The summed E-state index contributed by atoms with van der Waals surface area (Å²) >= 11 is 0. The molecular weight excluding hydrogens is 231 g/mol. The summed E-state index contributed by atoms with van der Waals surface area (Å²) in [4.78, 5) is 2.23. The van der Waals surface area contributed by atoms with Gasteiger partial charge in [-0.2, -0.15) is 0 Å². The van der Waals surface area contributed by atoms with Gasteiger partial charge in [-0.3, -0.25) is 4.90 Å². The van der Waals surface area contributed by atoms with Crippen LogP contribution in [0.1, 0.15) is 25.0 Å². The van der Waals surface area contributed by atoms with Crippen molar-refractivity contribution in [2.45, 2.75) is 32.5 Å². The van der Waals surface area contributed by atoms with Crippen molar-refractivity contribution >= 4 is 0 Å². The smallest absolute Gasteiger partial charge is 0.128 e. The Kier molecular flexibility index (Phi) is 4.00. The van der Waals surface area contributed by atoms with E-state index >= 15 is 0 Å². The maximum absolute atomic E-state index is 13.9. The van der Waals surface area contributed by atoms with Crippen molar-refractivity contribution in [2.75, 3.05) is 19.7 Å². The first-order valence-electron chi connectivity index (χ1n) is 6.34. The highest BCUT2D eigenvalue weighted by Crippen LogP contribution is 2.20. The van der Waals surface area contributed by atoms with Crippen LogP contribution >= 0.6 is 0 Å². The van der Waals surface area contributed by atoms with Crippen LogP contribution in [0.3, 0.4) is 0 Å². The van der Waals surface area contributed by atoms with Crippen LogP contribution in [0.4, 0.5) is 4.39 Å². The van der Waals surface area contributed by atoms with E-state index < -0.39 is 0 Å². The van der Waals surface area contributed by atoms with Crippen LogP contribution in [0, 0.1) is 5.82 Å². The second-order valence-electron chi connectivity index (χ2n) is 5.45. The first-order chi connectivity index (χ1) is 8.50. The summed E-state index contributed by atoms with van der Waals surface area (Å²) in [6.07, 6.45) is 0. The van der Waals surface area contributed by atoms with Crippen LogP contribution in [-0.2, 0) is 17.8 Å². The second kappa shape index (κ2) is 5.34. The summed E-state index contributed by atoms with van der Waals surface area (Å²) in [6.45, 7) is 7.51. The molecule has 1 fully saturated rings. The lowest BCUT2D eigenvalue weighted by Crippen LogP contribution is -2.47. The molecule has 1 saturated heterocycles. The molecule has 2 N–H and O–H groups in total. The highest BCUT2D eigenvalue weighted by atomic mass is 19.1. The molecule has 0 spiro atoms. The Morgan fingerprint density at radius 2 is 2.22 bits per heavy atom. The van der Waals surface area contributed by atoms with Gasteiger partial charge >= 0.3 is 0 Å². The SMILES string of the molecule is CC1(C)CN(Cc2ccc(CN)cc2F)CCO1. The van der Waals surface area contributed by atoms with E-state index in [0.29, 0.717) is 19.7 Å². The zero-order chi connectivity index (χ0) is 13.2. The highest BCUT2D eigenvalue weighted by Gasteiger charge is 2.27. The first kappa shape index (κ1) is 13.5. The number of ether oxygens (including phenoxy) is 1. The van der Waals surface area contributed by atoms with Crippen molar-refractivity contribution in [3.63, 3.8) is 0 Å². The number of benzene rings is 1. The Balaban J connectivity index is 2.05. The van der Waals surface area contributed by atoms with Gasteiger partial charge in [0.25, 0.3) is 0 Å². The molecule has 0 amide bonds. The molecular formula is C14H21FN2O. The highest BCUT2D eigenvalue weighted by molar-refractivity contribution is 5.24. The van der Waals surface area contributed by atoms with Gasteiger partial charge in [-0.1, -0.05) is 12.1 Å². The molecule has 1 aliphatic heterocycles. The van der Waals surface area contributed by atoms with E-state index in [-0.39, 0.29) is 11.4 Å². The second-order valence-corrected chi connectivity index (χ2v) is 5.45. The van der Waals surface area contributed by atoms with Crippen LogP contribution in [0.15, 0.2) is 18.2 Å². The molecule has 4 heteroatoms. The minimum atomic E-state index is -0.165. The van der Waals surface area contributed by atoms with Crippen LogP contribution in [-0.4, -0.2) is 30.2 Å². The Bertz CT molecular complexity index is 420. The average Bonchev–Trinajstić information content (AvgIpc) is 2.30. The van der Waals surface area contributed by atoms with Crippen LogP contribution in [0.25, 0.3) is 0 Å². The standard InChI is InChI=1S/C14H21FN2O/c1-14(2)10-17(5-6-18-14)9-12-4-3-11(8-16)7-13(12)15/h3-4,7H,5-6,8-10,16H2,1-2H3. The Morgan fingerprint density at radius 1 is 1.44 bits per heavy atom. The number of hydrogen-bond acceptors (Lipinski definition) is 3. The number of halogens is 1. The summed E-state index contributed by atoms with van der Waals surface area (Å²) in [5.41, 5.74) is 6.91. The lowest BCUT2D eigenvalue weighted by molar-refractivity contribution is -0.0884. The summed E-state index contributed by atoms with van der Waals surface area (Å²) in [7, 11) is 0. The van der Waals surface area contributed by atoms with Crippen molar-refractivity contribution in [2.24, 2.45) is 5.73 Å². The molecule has 0 aromatic heterocycles. The number of rotatable bonds is 3. The van der Waals surface area contributed by atoms with Crippen molar-refractivity contribution in [3.05, 3.63) is 35.1 Å². The van der Waals surface area contributed by atoms with Gasteiger partial charge in [0, 0.05) is 31.7 Å². The monoisotopic (exact) mass is 252 g/mol. The predicted octanol–water partition coefficient (Wildman–Crippen LogP) is 1.90. The number of hydrogen-bond donors (Lipinski definition) is 1. The van der Waals surface area contributed by atoms with Gasteiger partial charge in [-0.15, -0.1) is 0 Å². The molecule has 0 radical (unpaired) electrons. The zero-order valence-corrected chi connectivity index (χ0v) is 11.1. The normalized spacial score (nSPS) is 20.0. The molecule has 0 atom stereocenters. The number of morpholine rings is 1. The number of nitrogens with zero attached hydrogens (tertiary/aromatic N) is 1. The average molecular weight is 252 g/mol. The molecule has 18 heavy (non-hydrogen) atoms. The molecule has 1 aromatic carbocycles. The third kappa shape index (κ3) is 3.28. The van der Waals surface area contributed by atoms with Crippen LogP contribution in [0.2, 0.25) is 0 Å². The van der Waals surface area contributed by atoms with Crippen LogP contribution in [0.5, 0.6) is 0 Å². The quantitative estimate of drug-likeness (QED) is 0.893. The fourth-order valence-electron chi connectivity index (χ4n) is 2.34. The molecule has 1 heterocycles. The summed E-state index contributed by atoms with van der Waals surface area (Å²) in [5, 5.41) is 0. The van der Waals surface area contributed by atoms with E-state index in [4.69, 9.17) is 10.5 Å². The van der Waals surface area contributed by atoms with E-state index in [1.165, 1.54) is 6.07 Å². The van der Waals surface area contributed by atoms with E-state index in [1.807, 2.05) is 12.1 Å². The van der Waals surface area contributed by atoms with Gasteiger partial charge in [0.15, 0.2) is 0 Å². The van der Waals surface area contributed by atoms with E-state index in [9.17, 15) is 4.39 Å². The largest absolute Gasteiger partial charge is 0.373 e. The van der Waals surface area contributed by atoms with Gasteiger partial charge in [0.1, 0.15) is 5.82 Å². The summed E-state index contributed by atoms with van der Waals surface area (Å²) in [6, 6.07) is 5.25. The minimum absolute atomic E-state index is 0.147. The van der Waals surface area contributed by atoms with Crippen molar-refractivity contribution in [1.82, 2.24) is 4.90 Å². The lowest BCUT2D eigenvalue weighted by atomic mass is 10.1. The maximum atomic E-state index is 13.9. The van der Waals surface area contributed by atoms with Crippen molar-refractivity contribution < 1.29 is 9.13 Å². The van der Waals surface area contributed by atoms with Gasteiger partial charge in [-0.25, -0.2) is 4.39 Å². The third-order valence-electron chi connectivity index (χ3n) is 3.25. The molecule has 0 bridgehead atoms. The number of nitrogens with two attached hydrogens (primary N) is 1. The van der Waals surface area contributed by atoms with Gasteiger partial charge in [0.05, 0.1) is 12.2 Å². The maximum Gasteiger partial charge on any atom is 0.128 e. The van der Waals surface area contributed by atoms with E-state index in [1.54, 1.807) is 0 Å². The van der Waals surface area contributed by atoms with Crippen molar-refractivity contribution in [3.8, 4) is 0 Å². The molecule has 1 aromatic rings. The summed E-state index contributed by atoms with van der Waals surface area (Å²) < 4.78 is 19.5. The molecule has 100 valence electrons. The molecule has 0 saturated carbocycles. The molecule has 3 nitrogen and oxygen atoms in total. The minimum Gasteiger partial charge on any atom is -0.373 e. The van der Waals surface area contributed by atoms with Gasteiger partial charge < -0.3 is 10.5 Å². The Labute approximate surface area is 108 Å². The summed E-state index contributed by atoms with van der Waals surface area (Å²) in [5.74, 6) is -0.165.